The molecule has 0 saturated carbocycles. The molecular weight excluding hydrogens is 237 g/mol. The number of likely N-dealkylation sites (N-methyl/N-ethyl adjacent to an activating group) is 1. The minimum absolute atomic E-state index is 0. The van der Waals surface area contributed by atoms with Crippen LogP contribution in [0.3, 0.4) is 0 Å². The first-order valence-electron chi connectivity index (χ1n) is 4.19. The Bertz CT molecular complexity index is 314. The van der Waals surface area contributed by atoms with Gasteiger partial charge in [0, 0.05) is 5.02 Å². The van der Waals surface area contributed by atoms with Gasteiger partial charge in [-0.2, -0.15) is 0 Å². The number of methoxy groups -OCH3 is 1. The van der Waals surface area contributed by atoms with Crippen molar-refractivity contribution in [3.05, 3.63) is 34.9 Å². The zero-order chi connectivity index (χ0) is 10.6. The normalized spacial score (nSPS) is 11.4. The van der Waals surface area contributed by atoms with Gasteiger partial charge in [0.2, 0.25) is 0 Å². The molecule has 0 aromatic heterocycles. The topological polar surface area (TPSA) is 38.3 Å². The number of nitrogens with one attached hydrogen (secondary N) is 1. The Balaban J connectivity index is 0.00000196. The maximum atomic E-state index is 11.3. The highest BCUT2D eigenvalue weighted by molar-refractivity contribution is 6.30. The van der Waals surface area contributed by atoms with Gasteiger partial charge in [-0.25, -0.2) is 4.79 Å². The van der Waals surface area contributed by atoms with Gasteiger partial charge in [0.05, 0.1) is 7.11 Å². The predicted octanol–water partition coefficient (Wildman–Crippen LogP) is 2.20. The van der Waals surface area contributed by atoms with E-state index in [2.05, 4.69) is 10.1 Å². The molecule has 84 valence electrons. The highest BCUT2D eigenvalue weighted by atomic mass is 35.5. The second-order valence-electron chi connectivity index (χ2n) is 2.80. The number of esters is 1. The molecule has 1 atom stereocenters. The summed E-state index contributed by atoms with van der Waals surface area (Å²) in [5.74, 6) is -0.310. The van der Waals surface area contributed by atoms with Crippen LogP contribution in [0.25, 0.3) is 0 Å². The summed E-state index contributed by atoms with van der Waals surface area (Å²) in [5, 5.41) is 3.52. The third-order valence-corrected chi connectivity index (χ3v) is 2.18. The minimum atomic E-state index is -0.433. The lowest BCUT2D eigenvalue weighted by Gasteiger charge is -2.13. The van der Waals surface area contributed by atoms with E-state index in [0.717, 1.165) is 5.56 Å². The van der Waals surface area contributed by atoms with Gasteiger partial charge in [0.25, 0.3) is 0 Å². The molecular formula is C10H13Cl2NO2. The molecule has 0 aliphatic heterocycles. The fourth-order valence-electron chi connectivity index (χ4n) is 1.19. The van der Waals surface area contributed by atoms with E-state index < -0.39 is 6.04 Å². The van der Waals surface area contributed by atoms with E-state index in [1.54, 1.807) is 31.3 Å². The van der Waals surface area contributed by atoms with Crippen LogP contribution in [0.4, 0.5) is 0 Å². The molecule has 5 heteroatoms. The van der Waals surface area contributed by atoms with Gasteiger partial charge in [0.1, 0.15) is 6.04 Å². The van der Waals surface area contributed by atoms with E-state index in [1.807, 2.05) is 0 Å². The Kier molecular flexibility index (Phi) is 6.32. The number of carbonyl (C=O) groups is 1. The van der Waals surface area contributed by atoms with Gasteiger partial charge in [0.15, 0.2) is 0 Å². The molecule has 1 N–H and O–H groups in total. The van der Waals surface area contributed by atoms with Crippen LogP contribution in [0.5, 0.6) is 0 Å². The quantitative estimate of drug-likeness (QED) is 0.836. The summed E-state index contributed by atoms with van der Waals surface area (Å²) in [4.78, 5) is 11.3. The van der Waals surface area contributed by atoms with Gasteiger partial charge < -0.3 is 10.1 Å². The Morgan fingerprint density at radius 1 is 1.40 bits per heavy atom. The fourth-order valence-corrected chi connectivity index (χ4v) is 1.32. The number of hydrogen-bond donors (Lipinski definition) is 1. The lowest BCUT2D eigenvalue weighted by Crippen LogP contribution is -2.26. The average Bonchev–Trinajstić information content (AvgIpc) is 2.21. The van der Waals surface area contributed by atoms with Gasteiger partial charge in [-0.15, -0.1) is 12.4 Å². The standard InChI is InChI=1S/C10H12ClNO2.ClH/c1-12-9(10(13)14-2)7-3-5-8(11)6-4-7;/h3-6,9,12H,1-2H3;1H. The number of rotatable bonds is 3. The molecule has 1 aromatic carbocycles. The van der Waals surface area contributed by atoms with Gasteiger partial charge in [-0.1, -0.05) is 23.7 Å². The lowest BCUT2D eigenvalue weighted by molar-refractivity contribution is -0.143. The van der Waals surface area contributed by atoms with E-state index in [1.165, 1.54) is 7.11 Å². The van der Waals surface area contributed by atoms with E-state index >= 15 is 0 Å². The maximum absolute atomic E-state index is 11.3. The molecule has 0 saturated heterocycles. The molecule has 0 aliphatic carbocycles. The van der Waals surface area contributed by atoms with Crippen LogP contribution in [0.15, 0.2) is 24.3 Å². The third kappa shape index (κ3) is 3.70. The summed E-state index contributed by atoms with van der Waals surface area (Å²) in [5.41, 5.74) is 0.837. The van der Waals surface area contributed by atoms with Crippen LogP contribution in [0, 0.1) is 0 Å². The van der Waals surface area contributed by atoms with Crippen molar-refractivity contribution in [3.8, 4) is 0 Å². The molecule has 0 amide bonds. The molecule has 0 aliphatic rings. The molecule has 0 radical (unpaired) electrons. The molecule has 0 fully saturated rings. The Morgan fingerprint density at radius 3 is 2.33 bits per heavy atom. The predicted molar refractivity (Wildman–Crippen MR) is 62.5 cm³/mol. The van der Waals surface area contributed by atoms with Crippen molar-refractivity contribution >= 4 is 30.0 Å². The Morgan fingerprint density at radius 2 is 1.93 bits per heavy atom. The summed E-state index contributed by atoms with van der Waals surface area (Å²) in [7, 11) is 3.07. The lowest BCUT2D eigenvalue weighted by atomic mass is 10.1. The van der Waals surface area contributed by atoms with Crippen LogP contribution in [-0.2, 0) is 9.53 Å². The van der Waals surface area contributed by atoms with Crippen LogP contribution in [0.2, 0.25) is 5.02 Å². The third-order valence-electron chi connectivity index (χ3n) is 1.93. The smallest absolute Gasteiger partial charge is 0.327 e. The SMILES string of the molecule is CNC(C(=O)OC)c1ccc(Cl)cc1.Cl. The molecule has 3 nitrogen and oxygen atoms in total. The summed E-state index contributed by atoms with van der Waals surface area (Å²) in [6.07, 6.45) is 0. The zero-order valence-corrected chi connectivity index (χ0v) is 10.1. The largest absolute Gasteiger partial charge is 0.468 e. The van der Waals surface area contributed by atoms with Crippen molar-refractivity contribution in [1.82, 2.24) is 5.32 Å². The zero-order valence-electron chi connectivity index (χ0n) is 8.49. The van der Waals surface area contributed by atoms with Crippen LogP contribution in [-0.4, -0.2) is 20.1 Å². The van der Waals surface area contributed by atoms with Crippen molar-refractivity contribution in [1.29, 1.82) is 0 Å². The molecule has 0 bridgehead atoms. The number of carbonyl (C=O) groups excluding carboxylic acids is 1. The first-order chi connectivity index (χ1) is 6.69. The van der Waals surface area contributed by atoms with Crippen LogP contribution >= 0.6 is 24.0 Å². The van der Waals surface area contributed by atoms with Crippen LogP contribution < -0.4 is 5.32 Å². The summed E-state index contributed by atoms with van der Waals surface area (Å²) in [6, 6.07) is 6.63. The van der Waals surface area contributed by atoms with Gasteiger partial charge in [-0.3, -0.25) is 0 Å². The van der Waals surface area contributed by atoms with Crippen molar-refractivity contribution in [2.75, 3.05) is 14.2 Å². The molecule has 0 spiro atoms. The fraction of sp³-hybridized carbons (Fsp3) is 0.300. The second-order valence-corrected chi connectivity index (χ2v) is 3.23. The second kappa shape index (κ2) is 6.67. The highest BCUT2D eigenvalue weighted by Gasteiger charge is 2.18. The molecule has 1 rings (SSSR count). The van der Waals surface area contributed by atoms with Gasteiger partial charge in [-0.05, 0) is 24.7 Å². The summed E-state index contributed by atoms with van der Waals surface area (Å²) >= 11 is 5.74. The molecule has 1 unspecified atom stereocenters. The van der Waals surface area contributed by atoms with E-state index in [4.69, 9.17) is 11.6 Å². The van der Waals surface area contributed by atoms with Crippen molar-refractivity contribution in [3.63, 3.8) is 0 Å². The van der Waals surface area contributed by atoms with Crippen molar-refractivity contribution in [2.45, 2.75) is 6.04 Å². The molecule has 1 aromatic rings. The number of ether oxygens (including phenoxy) is 1. The minimum Gasteiger partial charge on any atom is -0.468 e. The highest BCUT2D eigenvalue weighted by Crippen LogP contribution is 2.17. The van der Waals surface area contributed by atoms with Crippen molar-refractivity contribution in [2.24, 2.45) is 0 Å². The average molecular weight is 250 g/mol. The summed E-state index contributed by atoms with van der Waals surface area (Å²) in [6.45, 7) is 0. The van der Waals surface area contributed by atoms with E-state index in [-0.39, 0.29) is 18.4 Å². The number of benzene rings is 1. The molecule has 0 heterocycles. The first kappa shape index (κ1) is 14.2. The monoisotopic (exact) mass is 249 g/mol. The molecule has 15 heavy (non-hydrogen) atoms. The number of halogens is 2. The van der Waals surface area contributed by atoms with Crippen molar-refractivity contribution < 1.29 is 9.53 Å². The van der Waals surface area contributed by atoms with Gasteiger partial charge >= 0.3 is 5.97 Å². The maximum Gasteiger partial charge on any atom is 0.327 e. The first-order valence-corrected chi connectivity index (χ1v) is 4.57. The van der Waals surface area contributed by atoms with E-state index in [0.29, 0.717) is 5.02 Å². The number of hydrogen-bond acceptors (Lipinski definition) is 3. The van der Waals surface area contributed by atoms with E-state index in [9.17, 15) is 4.79 Å². The Labute approximate surface area is 100 Å². The summed E-state index contributed by atoms with van der Waals surface area (Å²) < 4.78 is 4.65. The Hall–Kier alpha value is -0.770. The van der Waals surface area contributed by atoms with Crippen LogP contribution in [0.1, 0.15) is 11.6 Å².